The topological polar surface area (TPSA) is 52.6 Å². The lowest BCUT2D eigenvalue weighted by molar-refractivity contribution is -0.171. The van der Waals surface area contributed by atoms with Gasteiger partial charge in [0.15, 0.2) is 0 Å². The maximum atomic E-state index is 11.8. The molecule has 1 saturated carbocycles. The molecule has 0 N–H and O–H groups in total. The molecule has 0 aromatic carbocycles. The summed E-state index contributed by atoms with van der Waals surface area (Å²) in [4.78, 5) is 23.2. The van der Waals surface area contributed by atoms with Crippen molar-refractivity contribution in [3.63, 3.8) is 0 Å². The van der Waals surface area contributed by atoms with Gasteiger partial charge in [-0.05, 0) is 30.6 Å². The number of cyclic esters (lactones) is 1. The van der Waals surface area contributed by atoms with Crippen molar-refractivity contribution < 1.29 is 19.1 Å². The number of hydrogen-bond donors (Lipinski definition) is 0. The highest BCUT2D eigenvalue weighted by molar-refractivity contribution is 5.91. The van der Waals surface area contributed by atoms with Crippen LogP contribution < -0.4 is 0 Å². The van der Waals surface area contributed by atoms with Gasteiger partial charge in [0.25, 0.3) is 0 Å². The molecule has 4 nitrogen and oxygen atoms in total. The van der Waals surface area contributed by atoms with Crippen LogP contribution in [0.4, 0.5) is 0 Å². The lowest BCUT2D eigenvalue weighted by Gasteiger charge is -2.57. The number of carbonyl (C=O) groups excluding carboxylic acids is 2. The number of hydrogen-bond acceptors (Lipinski definition) is 4. The van der Waals surface area contributed by atoms with E-state index in [0.717, 1.165) is 24.8 Å². The molecule has 1 aliphatic heterocycles. The molecule has 2 fully saturated rings. The summed E-state index contributed by atoms with van der Waals surface area (Å²) in [7, 11) is 0. The van der Waals surface area contributed by atoms with Crippen molar-refractivity contribution in [2.75, 3.05) is 6.61 Å². The second-order valence-corrected chi connectivity index (χ2v) is 7.56. The highest BCUT2D eigenvalue weighted by atomic mass is 16.5. The van der Waals surface area contributed by atoms with Crippen LogP contribution in [0.5, 0.6) is 0 Å². The largest absolute Gasteiger partial charge is 0.462 e. The predicted molar refractivity (Wildman–Crippen MR) is 77.3 cm³/mol. The Balaban J connectivity index is 1.94. The van der Waals surface area contributed by atoms with E-state index in [2.05, 4.69) is 26.8 Å². The van der Waals surface area contributed by atoms with Gasteiger partial charge in [-0.1, -0.05) is 26.8 Å². The van der Waals surface area contributed by atoms with Crippen LogP contribution in [0.15, 0.2) is 11.6 Å². The molecule has 3 rings (SSSR count). The first kappa shape index (κ1) is 14.6. The molecule has 0 unspecified atom stereocenters. The molecule has 0 spiro atoms. The molecule has 0 bridgehead atoms. The van der Waals surface area contributed by atoms with Crippen LogP contribution in [0.3, 0.4) is 0 Å². The molecule has 0 aromatic rings. The maximum Gasteiger partial charge on any atom is 0.334 e. The van der Waals surface area contributed by atoms with Gasteiger partial charge in [-0.25, -0.2) is 4.79 Å². The summed E-state index contributed by atoms with van der Waals surface area (Å²) in [6, 6.07) is 0. The third kappa shape index (κ3) is 2.02. The molecular weight excluding hydrogens is 268 g/mol. The van der Waals surface area contributed by atoms with Crippen molar-refractivity contribution in [3.05, 3.63) is 11.6 Å². The molecule has 0 radical (unpaired) electrons. The first-order valence-electron chi connectivity index (χ1n) is 7.81. The Morgan fingerprint density at radius 2 is 2.10 bits per heavy atom. The minimum Gasteiger partial charge on any atom is -0.462 e. The van der Waals surface area contributed by atoms with Crippen LogP contribution in [0, 0.1) is 22.7 Å². The van der Waals surface area contributed by atoms with E-state index < -0.39 is 0 Å². The highest BCUT2D eigenvalue weighted by Gasteiger charge is 2.59. The summed E-state index contributed by atoms with van der Waals surface area (Å²) in [6.45, 7) is 8.65. The van der Waals surface area contributed by atoms with Crippen LogP contribution in [0.1, 0.15) is 47.0 Å². The molecule has 0 aromatic heterocycles. The fourth-order valence-corrected chi connectivity index (χ4v) is 4.95. The summed E-state index contributed by atoms with van der Waals surface area (Å²) in [5, 5.41) is 0. The van der Waals surface area contributed by atoms with E-state index in [1.54, 1.807) is 0 Å². The van der Waals surface area contributed by atoms with Crippen molar-refractivity contribution in [1.29, 1.82) is 0 Å². The van der Waals surface area contributed by atoms with Crippen LogP contribution in [-0.4, -0.2) is 24.6 Å². The molecule has 1 heterocycles. The van der Waals surface area contributed by atoms with Gasteiger partial charge in [0.05, 0.1) is 6.61 Å². The average Bonchev–Trinajstić information content (AvgIpc) is 2.76. The minimum atomic E-state index is -0.205. The molecule has 0 amide bonds. The fraction of sp³-hybridized carbons (Fsp3) is 0.765. The second kappa shape index (κ2) is 4.59. The standard InChI is InChI=1S/C17H24O4/c1-10(18)21-14-7-8-17(4)12-9-20-15(19)11(12)5-6-13(17)16(14,2)3/h5,12-14H,6-9H2,1-4H3/t12-,13-,14-,17+/m0/s1. The van der Waals surface area contributed by atoms with Gasteiger partial charge >= 0.3 is 11.9 Å². The fourth-order valence-electron chi connectivity index (χ4n) is 4.95. The highest BCUT2D eigenvalue weighted by Crippen LogP contribution is 2.61. The van der Waals surface area contributed by atoms with Gasteiger partial charge in [-0.2, -0.15) is 0 Å². The number of allylic oxidation sites excluding steroid dienone is 1. The van der Waals surface area contributed by atoms with Gasteiger partial charge in [-0.3, -0.25) is 4.79 Å². The number of esters is 2. The van der Waals surface area contributed by atoms with E-state index in [1.165, 1.54) is 6.92 Å². The normalized spacial score (nSPS) is 40.7. The van der Waals surface area contributed by atoms with E-state index >= 15 is 0 Å². The molecule has 3 aliphatic rings. The van der Waals surface area contributed by atoms with Crippen LogP contribution in [-0.2, 0) is 19.1 Å². The smallest absolute Gasteiger partial charge is 0.334 e. The first-order chi connectivity index (χ1) is 9.76. The van der Waals surface area contributed by atoms with Crippen molar-refractivity contribution in [3.8, 4) is 0 Å². The average molecular weight is 292 g/mol. The van der Waals surface area contributed by atoms with Gasteiger partial charge in [0.2, 0.25) is 0 Å². The minimum absolute atomic E-state index is 0.0407. The van der Waals surface area contributed by atoms with E-state index in [9.17, 15) is 9.59 Å². The molecule has 116 valence electrons. The number of carbonyl (C=O) groups is 2. The van der Waals surface area contributed by atoms with Gasteiger partial charge in [0, 0.05) is 23.8 Å². The lowest BCUT2D eigenvalue weighted by Crippen LogP contribution is -2.55. The zero-order valence-corrected chi connectivity index (χ0v) is 13.3. The van der Waals surface area contributed by atoms with Gasteiger partial charge in [-0.15, -0.1) is 0 Å². The Labute approximate surface area is 125 Å². The Kier molecular flexibility index (Phi) is 3.19. The number of ether oxygens (including phenoxy) is 2. The lowest BCUT2D eigenvalue weighted by atomic mass is 9.48. The Morgan fingerprint density at radius 3 is 2.76 bits per heavy atom. The quantitative estimate of drug-likeness (QED) is 0.697. The van der Waals surface area contributed by atoms with Gasteiger partial charge < -0.3 is 9.47 Å². The monoisotopic (exact) mass is 292 g/mol. The van der Waals surface area contributed by atoms with Crippen molar-refractivity contribution in [2.24, 2.45) is 22.7 Å². The van der Waals surface area contributed by atoms with E-state index in [4.69, 9.17) is 9.47 Å². The maximum absolute atomic E-state index is 11.8. The molecule has 21 heavy (non-hydrogen) atoms. The Bertz CT molecular complexity index is 519. The summed E-state index contributed by atoms with van der Waals surface area (Å²) in [5.74, 6) is 0.246. The van der Waals surface area contributed by atoms with Crippen molar-refractivity contribution in [1.82, 2.24) is 0 Å². The zero-order valence-electron chi connectivity index (χ0n) is 13.3. The van der Waals surface area contributed by atoms with E-state index in [-0.39, 0.29) is 34.8 Å². The number of rotatable bonds is 1. The summed E-state index contributed by atoms with van der Waals surface area (Å²) >= 11 is 0. The molecule has 1 saturated heterocycles. The van der Waals surface area contributed by atoms with Crippen LogP contribution >= 0.6 is 0 Å². The zero-order chi connectivity index (χ0) is 15.4. The summed E-state index contributed by atoms with van der Waals surface area (Å²) in [5.41, 5.74) is 0.832. The van der Waals surface area contributed by atoms with Crippen LogP contribution in [0.2, 0.25) is 0 Å². The second-order valence-electron chi connectivity index (χ2n) is 7.56. The van der Waals surface area contributed by atoms with E-state index in [0.29, 0.717) is 12.5 Å². The summed E-state index contributed by atoms with van der Waals surface area (Å²) < 4.78 is 10.9. The van der Waals surface area contributed by atoms with Crippen molar-refractivity contribution in [2.45, 2.75) is 53.1 Å². The molecule has 4 heteroatoms. The van der Waals surface area contributed by atoms with Gasteiger partial charge in [0.1, 0.15) is 6.10 Å². The Morgan fingerprint density at radius 1 is 1.38 bits per heavy atom. The molecule has 4 atom stereocenters. The third-order valence-corrected chi connectivity index (χ3v) is 6.14. The van der Waals surface area contributed by atoms with E-state index in [1.807, 2.05) is 0 Å². The summed E-state index contributed by atoms with van der Waals surface area (Å²) in [6.07, 6.45) is 4.71. The SMILES string of the molecule is CC(=O)O[C@H]1CC[C@]2(C)[C@H]3COC(=O)C3=CC[C@H]2C1(C)C. The number of fused-ring (bicyclic) bond motifs is 3. The van der Waals surface area contributed by atoms with Crippen molar-refractivity contribution >= 4 is 11.9 Å². The molecule has 2 aliphatic carbocycles. The first-order valence-corrected chi connectivity index (χ1v) is 7.81. The predicted octanol–water partition coefficient (Wildman–Crippen LogP) is 2.86. The molecular formula is C17H24O4. The van der Waals surface area contributed by atoms with Crippen LogP contribution in [0.25, 0.3) is 0 Å². The Hall–Kier alpha value is -1.32. The third-order valence-electron chi connectivity index (χ3n) is 6.14.